The van der Waals surface area contributed by atoms with Crippen LogP contribution in [0.5, 0.6) is 0 Å². The second-order valence-electron chi connectivity index (χ2n) is 6.65. The summed E-state index contributed by atoms with van der Waals surface area (Å²) in [4.78, 5) is 29.6. The molecule has 1 unspecified atom stereocenters. The molecule has 4 aromatic rings. The normalized spacial score (nSPS) is 12.2. The standard InChI is InChI=1S/C19H20N8O2/c1-4-14-25-19(29-26-14)12-6-5-10(2)13(7-12)24-18(28)11(3)27-9-23-15-16(20)21-8-22-17(15)27/h5-9,11H,4H2,1-3H3,(H,24,28)(H2,20,21,22). The number of imidazole rings is 1. The second kappa shape index (κ2) is 7.30. The molecule has 0 saturated heterocycles. The Morgan fingerprint density at radius 3 is 2.90 bits per heavy atom. The van der Waals surface area contributed by atoms with Gasteiger partial charge in [-0.3, -0.25) is 4.79 Å². The van der Waals surface area contributed by atoms with Gasteiger partial charge in [0.25, 0.3) is 5.89 Å². The summed E-state index contributed by atoms with van der Waals surface area (Å²) >= 11 is 0. The Labute approximate surface area is 166 Å². The molecule has 4 rings (SSSR count). The van der Waals surface area contributed by atoms with Crippen LogP contribution < -0.4 is 11.1 Å². The minimum atomic E-state index is -0.563. The fraction of sp³-hybridized carbons (Fsp3) is 0.263. The molecule has 3 aromatic heterocycles. The average molecular weight is 392 g/mol. The maximum atomic E-state index is 12.9. The van der Waals surface area contributed by atoms with Crippen molar-refractivity contribution in [3.05, 3.63) is 42.2 Å². The van der Waals surface area contributed by atoms with Gasteiger partial charge in [-0.1, -0.05) is 18.1 Å². The van der Waals surface area contributed by atoms with E-state index in [1.807, 2.05) is 32.0 Å². The number of carbonyl (C=O) groups is 1. The maximum Gasteiger partial charge on any atom is 0.257 e. The number of aromatic nitrogens is 6. The third kappa shape index (κ3) is 3.40. The monoisotopic (exact) mass is 392 g/mol. The van der Waals surface area contributed by atoms with Gasteiger partial charge in [-0.2, -0.15) is 4.98 Å². The van der Waals surface area contributed by atoms with Crippen molar-refractivity contribution in [2.24, 2.45) is 0 Å². The van der Waals surface area contributed by atoms with Crippen LogP contribution in [-0.4, -0.2) is 35.6 Å². The van der Waals surface area contributed by atoms with E-state index >= 15 is 0 Å². The second-order valence-corrected chi connectivity index (χ2v) is 6.65. The first-order valence-corrected chi connectivity index (χ1v) is 9.15. The quantitative estimate of drug-likeness (QED) is 0.528. The van der Waals surface area contributed by atoms with Crippen molar-refractivity contribution in [2.45, 2.75) is 33.2 Å². The third-order valence-corrected chi connectivity index (χ3v) is 4.71. The van der Waals surface area contributed by atoms with Crippen LogP contribution in [0.1, 0.15) is 31.3 Å². The predicted molar refractivity (Wildman–Crippen MR) is 107 cm³/mol. The summed E-state index contributed by atoms with van der Waals surface area (Å²) in [6.45, 7) is 5.63. The summed E-state index contributed by atoms with van der Waals surface area (Å²) in [5.74, 6) is 1.10. The van der Waals surface area contributed by atoms with Crippen LogP contribution in [0.25, 0.3) is 22.6 Å². The topological polar surface area (TPSA) is 138 Å². The molecule has 29 heavy (non-hydrogen) atoms. The van der Waals surface area contributed by atoms with Crippen molar-refractivity contribution in [3.8, 4) is 11.5 Å². The summed E-state index contributed by atoms with van der Waals surface area (Å²) < 4.78 is 6.96. The molecule has 0 aliphatic heterocycles. The SMILES string of the molecule is CCc1noc(-c2ccc(C)c(NC(=O)C(C)n3cnc4c(N)ncnc43)c2)n1. The molecule has 1 aromatic carbocycles. The molecule has 0 aliphatic rings. The van der Waals surface area contributed by atoms with Crippen molar-refractivity contribution >= 4 is 28.6 Å². The van der Waals surface area contributed by atoms with Crippen molar-refractivity contribution < 1.29 is 9.32 Å². The van der Waals surface area contributed by atoms with Gasteiger partial charge in [-0.25, -0.2) is 15.0 Å². The van der Waals surface area contributed by atoms with E-state index < -0.39 is 6.04 Å². The Kier molecular flexibility index (Phi) is 4.67. The lowest BCUT2D eigenvalue weighted by Crippen LogP contribution is -2.24. The molecule has 0 fully saturated rings. The molecule has 1 atom stereocenters. The molecule has 3 N–H and O–H groups in total. The highest BCUT2D eigenvalue weighted by Crippen LogP contribution is 2.26. The molecule has 1 amide bonds. The molecular weight excluding hydrogens is 372 g/mol. The van der Waals surface area contributed by atoms with Gasteiger partial charge in [0.2, 0.25) is 5.91 Å². The highest BCUT2D eigenvalue weighted by molar-refractivity contribution is 5.95. The number of hydrogen-bond acceptors (Lipinski definition) is 8. The van der Waals surface area contributed by atoms with Crippen LogP contribution in [0, 0.1) is 6.92 Å². The van der Waals surface area contributed by atoms with Gasteiger partial charge in [0.05, 0.1) is 6.33 Å². The summed E-state index contributed by atoms with van der Waals surface area (Å²) in [6, 6.07) is 5.03. The molecular formula is C19H20N8O2. The van der Waals surface area contributed by atoms with Crippen molar-refractivity contribution in [2.75, 3.05) is 11.1 Å². The minimum Gasteiger partial charge on any atom is -0.382 e. The van der Waals surface area contributed by atoms with E-state index in [0.717, 1.165) is 11.1 Å². The van der Waals surface area contributed by atoms with E-state index in [1.54, 1.807) is 11.5 Å². The number of nitrogen functional groups attached to an aromatic ring is 1. The number of amides is 1. The van der Waals surface area contributed by atoms with Crippen LogP contribution in [0.3, 0.4) is 0 Å². The Balaban J connectivity index is 1.60. The van der Waals surface area contributed by atoms with Crippen LogP contribution in [0.15, 0.2) is 35.4 Å². The number of nitrogens with two attached hydrogens (primary N) is 1. The summed E-state index contributed by atoms with van der Waals surface area (Å²) in [7, 11) is 0. The Morgan fingerprint density at radius 1 is 1.31 bits per heavy atom. The number of nitrogens with one attached hydrogen (secondary N) is 1. The number of benzene rings is 1. The Bertz CT molecular complexity index is 1200. The van der Waals surface area contributed by atoms with E-state index in [0.29, 0.717) is 35.0 Å². The van der Waals surface area contributed by atoms with E-state index in [4.69, 9.17) is 10.3 Å². The maximum absolute atomic E-state index is 12.9. The highest BCUT2D eigenvalue weighted by atomic mass is 16.5. The zero-order valence-electron chi connectivity index (χ0n) is 16.2. The van der Waals surface area contributed by atoms with Gasteiger partial charge in [0.15, 0.2) is 17.3 Å². The van der Waals surface area contributed by atoms with Crippen LogP contribution in [-0.2, 0) is 11.2 Å². The first-order chi connectivity index (χ1) is 14.0. The third-order valence-electron chi connectivity index (χ3n) is 4.71. The van der Waals surface area contributed by atoms with Crippen LogP contribution in [0.4, 0.5) is 11.5 Å². The van der Waals surface area contributed by atoms with Crippen molar-refractivity contribution in [1.82, 2.24) is 29.7 Å². The number of hydrogen-bond donors (Lipinski definition) is 2. The molecule has 10 nitrogen and oxygen atoms in total. The summed E-state index contributed by atoms with van der Waals surface area (Å²) in [5, 5.41) is 6.87. The van der Waals surface area contributed by atoms with Crippen molar-refractivity contribution in [1.29, 1.82) is 0 Å². The highest BCUT2D eigenvalue weighted by Gasteiger charge is 2.20. The number of anilines is 2. The number of carbonyl (C=O) groups excluding carboxylic acids is 1. The molecule has 10 heteroatoms. The van der Waals surface area contributed by atoms with Gasteiger partial charge in [-0.05, 0) is 31.5 Å². The molecule has 0 spiro atoms. The lowest BCUT2D eigenvalue weighted by atomic mass is 10.1. The number of nitrogens with zero attached hydrogens (tertiary/aromatic N) is 6. The van der Waals surface area contributed by atoms with Crippen LogP contribution in [0.2, 0.25) is 0 Å². The number of rotatable bonds is 5. The smallest absolute Gasteiger partial charge is 0.257 e. The zero-order valence-corrected chi connectivity index (χ0v) is 16.2. The average Bonchev–Trinajstić information content (AvgIpc) is 3.37. The van der Waals surface area contributed by atoms with Gasteiger partial charge in [0, 0.05) is 17.7 Å². The van der Waals surface area contributed by atoms with Gasteiger partial charge in [0.1, 0.15) is 17.9 Å². The molecule has 148 valence electrons. The van der Waals surface area contributed by atoms with E-state index in [1.165, 1.54) is 12.7 Å². The molecule has 0 saturated carbocycles. The molecule has 3 heterocycles. The largest absolute Gasteiger partial charge is 0.382 e. The van der Waals surface area contributed by atoms with Crippen molar-refractivity contribution in [3.63, 3.8) is 0 Å². The minimum absolute atomic E-state index is 0.221. The fourth-order valence-corrected chi connectivity index (χ4v) is 2.92. The van der Waals surface area contributed by atoms with Gasteiger partial charge < -0.3 is 20.1 Å². The van der Waals surface area contributed by atoms with E-state index in [2.05, 4.69) is 30.4 Å². The summed E-state index contributed by atoms with van der Waals surface area (Å²) in [6.07, 6.45) is 3.57. The summed E-state index contributed by atoms with van der Waals surface area (Å²) in [5.41, 5.74) is 9.10. The number of aryl methyl sites for hydroxylation is 2. The van der Waals surface area contributed by atoms with Crippen LogP contribution >= 0.6 is 0 Å². The number of fused-ring (bicyclic) bond motifs is 1. The Morgan fingerprint density at radius 2 is 2.14 bits per heavy atom. The van der Waals surface area contributed by atoms with E-state index in [9.17, 15) is 4.79 Å². The fourth-order valence-electron chi connectivity index (χ4n) is 2.92. The molecule has 0 radical (unpaired) electrons. The lowest BCUT2D eigenvalue weighted by Gasteiger charge is -2.15. The predicted octanol–water partition coefficient (Wildman–Crippen LogP) is 2.53. The van der Waals surface area contributed by atoms with Gasteiger partial charge >= 0.3 is 0 Å². The Hall–Kier alpha value is -3.82. The molecule has 0 aliphatic carbocycles. The first-order valence-electron chi connectivity index (χ1n) is 9.15. The van der Waals surface area contributed by atoms with E-state index in [-0.39, 0.29) is 11.7 Å². The molecule has 0 bridgehead atoms. The first kappa shape index (κ1) is 18.5. The lowest BCUT2D eigenvalue weighted by molar-refractivity contribution is -0.118. The zero-order chi connectivity index (χ0) is 20.5. The van der Waals surface area contributed by atoms with Gasteiger partial charge in [-0.15, -0.1) is 0 Å².